The molecule has 1 aliphatic heterocycles. The van der Waals surface area contributed by atoms with Crippen LogP contribution in [-0.4, -0.2) is 9.55 Å². The first-order valence-corrected chi connectivity index (χ1v) is 7.25. The van der Waals surface area contributed by atoms with Crippen LogP contribution in [0.5, 0.6) is 0 Å². The molecule has 1 aliphatic rings. The van der Waals surface area contributed by atoms with Crippen LogP contribution in [0.4, 0.5) is 5.82 Å². The molecule has 0 radical (unpaired) electrons. The molecule has 0 unspecified atom stereocenters. The molecule has 0 fully saturated rings. The summed E-state index contributed by atoms with van der Waals surface area (Å²) in [7, 11) is 0. The third kappa shape index (κ3) is 2.18. The summed E-state index contributed by atoms with van der Waals surface area (Å²) in [6.07, 6.45) is 1.47. The molecule has 2 heterocycles. The SMILES string of the molecule is CCn1c(=O)[nH]c2c(c1=O)CC[C@](C)(c1ccccc1)N2. The Morgan fingerprint density at radius 1 is 1.24 bits per heavy atom. The van der Waals surface area contributed by atoms with E-state index in [1.807, 2.05) is 18.2 Å². The lowest BCUT2D eigenvalue weighted by molar-refractivity contribution is 0.468. The number of hydrogen-bond acceptors (Lipinski definition) is 3. The third-order valence-electron chi connectivity index (χ3n) is 4.29. The van der Waals surface area contributed by atoms with E-state index in [0.717, 1.165) is 12.0 Å². The lowest BCUT2D eigenvalue weighted by Crippen LogP contribution is -2.44. The standard InChI is InChI=1S/C16H19N3O2/c1-3-19-14(20)12-9-10-16(2,11-7-5-4-6-8-11)18-13(12)17-15(19)21/h4-8,18H,3,9-10H2,1-2H3,(H,17,21)/t16-/m1/s1. The van der Waals surface area contributed by atoms with Crippen LogP contribution in [0.15, 0.2) is 39.9 Å². The fraction of sp³-hybridized carbons (Fsp3) is 0.375. The van der Waals surface area contributed by atoms with Crippen LogP contribution in [0.25, 0.3) is 0 Å². The maximum Gasteiger partial charge on any atom is 0.329 e. The van der Waals surface area contributed by atoms with Gasteiger partial charge in [-0.25, -0.2) is 4.79 Å². The Bertz CT molecular complexity index is 776. The van der Waals surface area contributed by atoms with Gasteiger partial charge in [-0.15, -0.1) is 0 Å². The van der Waals surface area contributed by atoms with Crippen LogP contribution >= 0.6 is 0 Å². The summed E-state index contributed by atoms with van der Waals surface area (Å²) >= 11 is 0. The van der Waals surface area contributed by atoms with E-state index in [2.05, 4.69) is 29.4 Å². The van der Waals surface area contributed by atoms with E-state index in [1.54, 1.807) is 6.92 Å². The van der Waals surface area contributed by atoms with Gasteiger partial charge in [0.05, 0.1) is 11.1 Å². The van der Waals surface area contributed by atoms with Gasteiger partial charge in [-0.2, -0.15) is 0 Å². The molecule has 0 saturated heterocycles. The lowest BCUT2D eigenvalue weighted by atomic mass is 9.83. The minimum Gasteiger partial charge on any atom is -0.362 e. The summed E-state index contributed by atoms with van der Waals surface area (Å²) < 4.78 is 1.24. The van der Waals surface area contributed by atoms with Crippen molar-refractivity contribution in [3.63, 3.8) is 0 Å². The van der Waals surface area contributed by atoms with Crippen molar-refractivity contribution in [1.82, 2.24) is 9.55 Å². The van der Waals surface area contributed by atoms with E-state index >= 15 is 0 Å². The van der Waals surface area contributed by atoms with Gasteiger partial charge in [0.2, 0.25) is 0 Å². The van der Waals surface area contributed by atoms with E-state index in [9.17, 15) is 9.59 Å². The molecule has 0 spiro atoms. The normalized spacial score (nSPS) is 20.7. The van der Waals surface area contributed by atoms with E-state index in [4.69, 9.17) is 0 Å². The number of benzene rings is 1. The molecule has 0 aliphatic carbocycles. The highest BCUT2D eigenvalue weighted by atomic mass is 16.2. The fourth-order valence-electron chi connectivity index (χ4n) is 2.97. The van der Waals surface area contributed by atoms with Crippen molar-refractivity contribution in [1.29, 1.82) is 0 Å². The van der Waals surface area contributed by atoms with E-state index in [0.29, 0.717) is 24.3 Å². The van der Waals surface area contributed by atoms with E-state index in [1.165, 1.54) is 4.57 Å². The van der Waals surface area contributed by atoms with Gasteiger partial charge < -0.3 is 5.32 Å². The highest BCUT2D eigenvalue weighted by Gasteiger charge is 2.33. The molecule has 2 N–H and O–H groups in total. The number of H-pyrrole nitrogens is 1. The number of nitrogens with one attached hydrogen (secondary N) is 2. The van der Waals surface area contributed by atoms with Crippen molar-refractivity contribution in [2.75, 3.05) is 5.32 Å². The summed E-state index contributed by atoms with van der Waals surface area (Å²) in [5.74, 6) is 0.562. The molecule has 2 aromatic rings. The smallest absolute Gasteiger partial charge is 0.329 e. The molecule has 0 bridgehead atoms. The second-order valence-electron chi connectivity index (χ2n) is 5.66. The lowest BCUT2D eigenvalue weighted by Gasteiger charge is -2.36. The Kier molecular flexibility index (Phi) is 3.20. The van der Waals surface area contributed by atoms with Crippen LogP contribution in [-0.2, 0) is 18.5 Å². The largest absolute Gasteiger partial charge is 0.362 e. The van der Waals surface area contributed by atoms with Crippen molar-refractivity contribution in [2.45, 2.75) is 38.8 Å². The first-order valence-electron chi connectivity index (χ1n) is 7.25. The van der Waals surface area contributed by atoms with Crippen LogP contribution in [0, 0.1) is 0 Å². The molecule has 21 heavy (non-hydrogen) atoms. The second kappa shape index (κ2) is 4.91. The van der Waals surface area contributed by atoms with Gasteiger partial charge in [-0.05, 0) is 32.3 Å². The second-order valence-corrected chi connectivity index (χ2v) is 5.66. The van der Waals surface area contributed by atoms with Crippen molar-refractivity contribution in [2.24, 2.45) is 0 Å². The number of nitrogens with zero attached hydrogens (tertiary/aromatic N) is 1. The number of anilines is 1. The number of aromatic amines is 1. The van der Waals surface area contributed by atoms with Gasteiger partial charge in [0.1, 0.15) is 5.82 Å². The van der Waals surface area contributed by atoms with E-state index in [-0.39, 0.29) is 16.8 Å². The zero-order chi connectivity index (χ0) is 15.0. The fourth-order valence-corrected chi connectivity index (χ4v) is 2.97. The van der Waals surface area contributed by atoms with Crippen LogP contribution < -0.4 is 16.6 Å². The summed E-state index contributed by atoms with van der Waals surface area (Å²) in [4.78, 5) is 27.1. The van der Waals surface area contributed by atoms with Gasteiger partial charge in [-0.3, -0.25) is 14.3 Å². The summed E-state index contributed by atoms with van der Waals surface area (Å²) in [5, 5.41) is 3.35. The monoisotopic (exact) mass is 285 g/mol. The molecule has 0 amide bonds. The maximum atomic E-state index is 12.3. The number of aromatic nitrogens is 2. The molecule has 5 nitrogen and oxygen atoms in total. The minimum absolute atomic E-state index is 0.182. The average molecular weight is 285 g/mol. The average Bonchev–Trinajstić information content (AvgIpc) is 2.48. The summed E-state index contributed by atoms with van der Waals surface area (Å²) in [5.41, 5.74) is 1.01. The first-order chi connectivity index (χ1) is 10.0. The predicted molar refractivity (Wildman–Crippen MR) is 82.7 cm³/mol. The van der Waals surface area contributed by atoms with Gasteiger partial charge in [0.25, 0.3) is 5.56 Å². The van der Waals surface area contributed by atoms with Crippen molar-refractivity contribution in [3.8, 4) is 0 Å². The highest BCUT2D eigenvalue weighted by Crippen LogP contribution is 2.34. The summed E-state index contributed by atoms with van der Waals surface area (Å²) in [6.45, 7) is 4.28. The Labute approximate surface area is 122 Å². The molecule has 3 rings (SSSR count). The molecule has 0 saturated carbocycles. The Morgan fingerprint density at radius 2 is 1.95 bits per heavy atom. The molecule has 1 atom stereocenters. The Morgan fingerprint density at radius 3 is 2.62 bits per heavy atom. The molecule has 5 heteroatoms. The van der Waals surface area contributed by atoms with Gasteiger partial charge in [0, 0.05) is 6.54 Å². The maximum absolute atomic E-state index is 12.3. The first kappa shape index (κ1) is 13.7. The number of fused-ring (bicyclic) bond motifs is 1. The molecular weight excluding hydrogens is 266 g/mol. The molecular formula is C16H19N3O2. The third-order valence-corrected chi connectivity index (χ3v) is 4.29. The quantitative estimate of drug-likeness (QED) is 0.884. The van der Waals surface area contributed by atoms with E-state index < -0.39 is 0 Å². The molecule has 1 aromatic heterocycles. The van der Waals surface area contributed by atoms with Gasteiger partial charge in [-0.1, -0.05) is 30.3 Å². The van der Waals surface area contributed by atoms with Gasteiger partial charge in [0.15, 0.2) is 0 Å². The van der Waals surface area contributed by atoms with Crippen LogP contribution in [0.2, 0.25) is 0 Å². The predicted octanol–water partition coefficient (Wildman–Crippen LogP) is 1.83. The Hall–Kier alpha value is -2.30. The zero-order valence-corrected chi connectivity index (χ0v) is 12.3. The van der Waals surface area contributed by atoms with Crippen molar-refractivity contribution >= 4 is 5.82 Å². The zero-order valence-electron chi connectivity index (χ0n) is 12.3. The molecule has 110 valence electrons. The molecule has 1 aromatic carbocycles. The minimum atomic E-state index is -0.355. The van der Waals surface area contributed by atoms with Crippen molar-refractivity contribution in [3.05, 3.63) is 62.3 Å². The van der Waals surface area contributed by atoms with Crippen molar-refractivity contribution < 1.29 is 0 Å². The Balaban J connectivity index is 2.08. The topological polar surface area (TPSA) is 66.9 Å². The van der Waals surface area contributed by atoms with Crippen LogP contribution in [0.3, 0.4) is 0 Å². The van der Waals surface area contributed by atoms with Crippen LogP contribution in [0.1, 0.15) is 31.4 Å². The van der Waals surface area contributed by atoms with Gasteiger partial charge >= 0.3 is 5.69 Å². The number of hydrogen-bond donors (Lipinski definition) is 2. The number of rotatable bonds is 2. The summed E-state index contributed by atoms with van der Waals surface area (Å²) in [6, 6.07) is 10.1. The highest BCUT2D eigenvalue weighted by molar-refractivity contribution is 5.50.